The van der Waals surface area contributed by atoms with Gasteiger partial charge in [-0.1, -0.05) is 71.9 Å². The molecule has 28 nitrogen and oxygen atoms in total. The number of aliphatic imine (C=N–C) groups is 1. The molecular weight excluding hydrogens is 1130 g/mol. The van der Waals surface area contributed by atoms with Crippen molar-refractivity contribution in [2.45, 2.75) is 205 Å². The van der Waals surface area contributed by atoms with Gasteiger partial charge in [-0.3, -0.25) is 62.5 Å². The minimum atomic E-state index is -1.83. The number of phenols is 1. The number of unbranched alkanes of at least 4 members (excludes halogenated alkanes) is 1. The lowest BCUT2D eigenvalue weighted by Gasteiger charge is -2.42. The molecular formula is C59H93N13O15. The fourth-order valence-electron chi connectivity index (χ4n) is 11.1. The molecule has 1 heterocycles. The van der Waals surface area contributed by atoms with Crippen LogP contribution in [0.5, 0.6) is 5.75 Å². The molecule has 17 N–H and O–H groups in total. The first-order valence-electron chi connectivity index (χ1n) is 30.3. The number of carboxylic acids is 2. The van der Waals surface area contributed by atoms with Gasteiger partial charge in [0, 0.05) is 38.9 Å². The van der Waals surface area contributed by atoms with Crippen LogP contribution in [0.25, 0.3) is 0 Å². The molecule has 10 amide bonds. The van der Waals surface area contributed by atoms with Crippen LogP contribution in [-0.4, -0.2) is 165 Å². The molecule has 0 bridgehead atoms. The third-order valence-electron chi connectivity index (χ3n) is 15.9. The molecule has 3 fully saturated rings. The fraction of sp³-hybridized carbons (Fsp3) is 0.678. The molecule has 0 aromatic heterocycles. The highest BCUT2D eigenvalue weighted by Crippen LogP contribution is 2.30. The third kappa shape index (κ3) is 25.0. The molecule has 0 radical (unpaired) electrons. The zero-order valence-corrected chi connectivity index (χ0v) is 50.7. The Morgan fingerprint density at radius 3 is 1.61 bits per heavy atom. The fourth-order valence-corrected chi connectivity index (χ4v) is 11.1. The summed E-state index contributed by atoms with van der Waals surface area (Å²) in [5, 5.41) is 50.9. The third-order valence-corrected chi connectivity index (χ3v) is 15.9. The monoisotopic (exact) mass is 1220 g/mol. The molecule has 1 unspecified atom stereocenters. The van der Waals surface area contributed by atoms with Gasteiger partial charge in [0.05, 0.1) is 12.8 Å². The normalized spacial score (nSPS) is 19.2. The lowest BCUT2D eigenvalue weighted by atomic mass is 9.81. The van der Waals surface area contributed by atoms with Crippen molar-refractivity contribution in [1.82, 2.24) is 47.4 Å². The van der Waals surface area contributed by atoms with E-state index in [2.05, 4.69) is 47.5 Å². The molecule has 2 saturated carbocycles. The lowest BCUT2D eigenvalue weighted by molar-refractivity contribution is -0.151. The number of aliphatic carboxylic acids is 2. The molecule has 2 aliphatic carbocycles. The Kier molecular flexibility index (Phi) is 29.2. The SMILES string of the molecule is CC(=O)NCC1CCC(C(=O)N[C@@H](CC(=O)O)C(=O)N[C@@H](CC2CCCCC2)C(=O)N[C@@H](CC(C)C)C(=O)N2CCC2C(=O)N[C@@H](CC(=O)O)C(=O)N[C@@H](Cc2ccc(O)cc2)C(=O)N[C@@H](CC(C)C)C(=O)N[C@@H](CCCCN=C(N)N)C(N)=O)CC1. The van der Waals surface area contributed by atoms with Gasteiger partial charge in [-0.25, -0.2) is 0 Å². The number of likely N-dealkylation sites (tertiary alicyclic amines) is 1. The Morgan fingerprint density at radius 2 is 1.08 bits per heavy atom. The molecule has 1 aromatic carbocycles. The number of benzene rings is 1. The number of amides is 10. The van der Waals surface area contributed by atoms with Crippen LogP contribution in [0.2, 0.25) is 0 Å². The summed E-state index contributed by atoms with van der Waals surface area (Å²) in [5.74, 6) is -11.5. The number of hydrogen-bond acceptors (Lipinski definition) is 14. The average Bonchev–Trinajstić information content (AvgIpc) is 3.38. The number of carbonyl (C=O) groups is 12. The standard InChI is InChI=1S/C59H93N13O15/c1-32(2)25-41(52(81)65-40(50(60)79)13-9-10-23-63-59(61)62)67-53(82)43(28-36-16-20-39(74)21-17-36)69-56(85)45(30-49(77)78)70-57(86)47-22-24-72(47)58(87)46(26-33(3)4)71-54(83)42(27-35-11-7-6-8-12-35)68-55(84)44(29-48(75)76)66-51(80)38-18-14-37(15-19-38)31-64-34(5)73/h16-17,20-21,32-33,35,37-38,40-47,74H,6-15,18-19,22-31H2,1-5H3,(H2,60,79)(H,64,73)(H,65,81)(H,66,80)(H,67,82)(H,68,84)(H,69,85)(H,70,86)(H,71,83)(H,75,76)(H,77,78)(H4,61,62,63)/t37?,38?,40-,41-,42-,43-,44-,45-,46-,47?/m0/s1. The van der Waals surface area contributed by atoms with Crippen molar-refractivity contribution >= 4 is 77.0 Å². The van der Waals surface area contributed by atoms with Crippen molar-refractivity contribution in [2.24, 2.45) is 51.8 Å². The number of hydrogen-bond donors (Lipinski definition) is 14. The van der Waals surface area contributed by atoms with E-state index in [4.69, 9.17) is 17.2 Å². The first kappa shape index (κ1) is 71.4. The highest BCUT2D eigenvalue weighted by Gasteiger charge is 2.44. The quantitative estimate of drug-likeness (QED) is 0.0238. The summed E-state index contributed by atoms with van der Waals surface area (Å²) >= 11 is 0. The van der Waals surface area contributed by atoms with Crippen molar-refractivity contribution in [3.8, 4) is 5.75 Å². The van der Waals surface area contributed by atoms with Crippen molar-refractivity contribution in [3.63, 3.8) is 0 Å². The zero-order chi connectivity index (χ0) is 64.5. The molecule has 87 heavy (non-hydrogen) atoms. The van der Waals surface area contributed by atoms with Gasteiger partial charge < -0.3 is 80.0 Å². The first-order chi connectivity index (χ1) is 41.1. The molecule has 3 aliphatic rings. The molecule has 28 heteroatoms. The number of carbonyl (C=O) groups excluding carboxylic acids is 10. The van der Waals surface area contributed by atoms with Crippen LogP contribution in [0.3, 0.4) is 0 Å². The summed E-state index contributed by atoms with van der Waals surface area (Å²) in [6.07, 6.45) is 5.68. The Morgan fingerprint density at radius 1 is 0.575 bits per heavy atom. The number of rotatable bonds is 35. The van der Waals surface area contributed by atoms with E-state index in [1.54, 1.807) is 27.7 Å². The molecule has 1 saturated heterocycles. The minimum absolute atomic E-state index is 0.0204. The van der Waals surface area contributed by atoms with E-state index in [1.807, 2.05) is 0 Å². The van der Waals surface area contributed by atoms with E-state index in [-0.39, 0.29) is 92.9 Å². The van der Waals surface area contributed by atoms with E-state index >= 15 is 0 Å². The second-order valence-electron chi connectivity index (χ2n) is 24.2. The molecule has 1 aliphatic heterocycles. The van der Waals surface area contributed by atoms with Crippen LogP contribution >= 0.6 is 0 Å². The van der Waals surface area contributed by atoms with Crippen LogP contribution in [0.15, 0.2) is 29.3 Å². The van der Waals surface area contributed by atoms with E-state index in [0.29, 0.717) is 50.6 Å². The van der Waals surface area contributed by atoms with Gasteiger partial charge in [0.25, 0.3) is 0 Å². The van der Waals surface area contributed by atoms with E-state index in [9.17, 15) is 72.9 Å². The molecule has 8 atom stereocenters. The molecule has 484 valence electrons. The average molecular weight is 1220 g/mol. The first-order valence-corrected chi connectivity index (χ1v) is 30.3. The van der Waals surface area contributed by atoms with Gasteiger partial charge in [0.15, 0.2) is 5.96 Å². The van der Waals surface area contributed by atoms with Gasteiger partial charge in [0.2, 0.25) is 59.1 Å². The van der Waals surface area contributed by atoms with Crippen molar-refractivity contribution in [1.29, 1.82) is 0 Å². The largest absolute Gasteiger partial charge is 0.508 e. The summed E-state index contributed by atoms with van der Waals surface area (Å²) in [7, 11) is 0. The zero-order valence-electron chi connectivity index (χ0n) is 50.7. The number of primary amides is 1. The maximum Gasteiger partial charge on any atom is 0.305 e. The maximum absolute atomic E-state index is 14.5. The summed E-state index contributed by atoms with van der Waals surface area (Å²) < 4.78 is 0. The summed E-state index contributed by atoms with van der Waals surface area (Å²) in [4.78, 5) is 167. The number of guanidine groups is 1. The predicted octanol–water partition coefficient (Wildman–Crippen LogP) is -0.187. The van der Waals surface area contributed by atoms with E-state index in [0.717, 1.165) is 32.1 Å². The number of phenolic OH excluding ortho intramolecular Hbond substituents is 1. The summed E-state index contributed by atoms with van der Waals surface area (Å²) in [5.41, 5.74) is 16.8. The Hall–Kier alpha value is -8.07. The number of nitrogens with one attached hydrogen (secondary N) is 8. The Bertz CT molecular complexity index is 2580. The van der Waals surface area contributed by atoms with Crippen LogP contribution in [0.1, 0.15) is 156 Å². The van der Waals surface area contributed by atoms with Crippen LogP contribution in [-0.2, 0) is 64.0 Å². The molecule has 1 aromatic rings. The molecule has 0 spiro atoms. The van der Waals surface area contributed by atoms with Gasteiger partial charge in [-0.15, -0.1) is 0 Å². The van der Waals surface area contributed by atoms with Crippen LogP contribution < -0.4 is 59.7 Å². The number of carboxylic acid groups (broad SMARTS) is 2. The Balaban J connectivity index is 1.52. The number of nitrogens with two attached hydrogens (primary N) is 3. The Labute approximate surface area is 507 Å². The lowest BCUT2D eigenvalue weighted by Crippen LogP contribution is -2.65. The van der Waals surface area contributed by atoms with E-state index in [1.165, 1.54) is 36.1 Å². The highest BCUT2D eigenvalue weighted by molar-refractivity contribution is 6.00. The van der Waals surface area contributed by atoms with Crippen molar-refractivity contribution in [3.05, 3.63) is 29.8 Å². The smallest absolute Gasteiger partial charge is 0.305 e. The second kappa shape index (κ2) is 35.5. The van der Waals surface area contributed by atoms with Crippen LogP contribution in [0, 0.1) is 29.6 Å². The predicted molar refractivity (Wildman–Crippen MR) is 318 cm³/mol. The highest BCUT2D eigenvalue weighted by atomic mass is 16.4. The number of nitrogens with zero attached hydrogens (tertiary/aromatic N) is 2. The van der Waals surface area contributed by atoms with Gasteiger partial charge in [0.1, 0.15) is 54.1 Å². The van der Waals surface area contributed by atoms with Gasteiger partial charge in [-0.2, -0.15) is 0 Å². The number of aromatic hydroxyl groups is 1. The second-order valence-corrected chi connectivity index (χ2v) is 24.2. The van der Waals surface area contributed by atoms with E-state index < -0.39 is 132 Å². The van der Waals surface area contributed by atoms with Crippen molar-refractivity contribution in [2.75, 3.05) is 19.6 Å². The van der Waals surface area contributed by atoms with Gasteiger partial charge in [-0.05, 0) is 112 Å². The minimum Gasteiger partial charge on any atom is -0.508 e. The summed E-state index contributed by atoms with van der Waals surface area (Å²) in [6, 6.07) is -5.51. The summed E-state index contributed by atoms with van der Waals surface area (Å²) in [6.45, 7) is 9.33. The topological polar surface area (TPSA) is 455 Å². The van der Waals surface area contributed by atoms with Crippen molar-refractivity contribution < 1.29 is 72.9 Å². The van der Waals surface area contributed by atoms with Crippen LogP contribution in [0.4, 0.5) is 0 Å². The molecule has 4 rings (SSSR count). The van der Waals surface area contributed by atoms with Gasteiger partial charge >= 0.3 is 11.9 Å². The maximum atomic E-state index is 14.5.